The molecule has 3 unspecified atom stereocenters. The molecular formula is C20H40N4O4. The molecule has 0 spiro atoms. The van der Waals surface area contributed by atoms with E-state index in [2.05, 4.69) is 41.7 Å². The fourth-order valence-corrected chi connectivity index (χ4v) is 2.59. The molecule has 8 nitrogen and oxygen atoms in total. The van der Waals surface area contributed by atoms with Gasteiger partial charge < -0.3 is 30.2 Å². The van der Waals surface area contributed by atoms with Crippen LogP contribution >= 0.6 is 0 Å². The summed E-state index contributed by atoms with van der Waals surface area (Å²) in [6.07, 6.45) is 0.722. The number of carbonyl (C=O) groups excluding carboxylic acids is 1. The first-order valence-electron chi connectivity index (χ1n) is 10.3. The van der Waals surface area contributed by atoms with Crippen molar-refractivity contribution < 1.29 is 19.0 Å². The van der Waals surface area contributed by atoms with E-state index in [4.69, 9.17) is 14.2 Å². The van der Waals surface area contributed by atoms with Crippen molar-refractivity contribution in [3.8, 4) is 0 Å². The second kappa shape index (κ2) is 12.1. The first kappa shape index (κ1) is 24.5. The Morgan fingerprint density at radius 2 is 1.96 bits per heavy atom. The molecule has 1 aliphatic rings. The van der Waals surface area contributed by atoms with Gasteiger partial charge in [0, 0.05) is 19.2 Å². The minimum Gasteiger partial charge on any atom is -0.444 e. The highest BCUT2D eigenvalue weighted by Crippen LogP contribution is 2.10. The molecule has 0 bridgehead atoms. The molecule has 28 heavy (non-hydrogen) atoms. The van der Waals surface area contributed by atoms with Gasteiger partial charge in [0.2, 0.25) is 0 Å². The van der Waals surface area contributed by atoms with Crippen molar-refractivity contribution in [2.45, 2.75) is 78.7 Å². The Balaban J connectivity index is 2.56. The molecule has 0 aromatic heterocycles. The summed E-state index contributed by atoms with van der Waals surface area (Å²) in [7, 11) is 0. The maximum Gasteiger partial charge on any atom is 0.407 e. The third kappa shape index (κ3) is 10.7. The summed E-state index contributed by atoms with van der Waals surface area (Å²) in [6, 6.07) is -0.0118. The van der Waals surface area contributed by atoms with Crippen LogP contribution in [0, 0.1) is 5.92 Å². The van der Waals surface area contributed by atoms with Gasteiger partial charge >= 0.3 is 6.09 Å². The van der Waals surface area contributed by atoms with Crippen molar-refractivity contribution >= 4 is 12.1 Å². The topological polar surface area (TPSA) is 93.2 Å². The summed E-state index contributed by atoms with van der Waals surface area (Å²) in [4.78, 5) is 16.7. The van der Waals surface area contributed by atoms with Crippen LogP contribution in [0.5, 0.6) is 0 Å². The normalized spacial score (nSPS) is 20.0. The Labute approximate surface area is 170 Å². The predicted molar refractivity (Wildman–Crippen MR) is 112 cm³/mol. The molecule has 1 saturated heterocycles. The van der Waals surface area contributed by atoms with Crippen LogP contribution < -0.4 is 16.0 Å². The number of amides is 1. The zero-order valence-corrected chi connectivity index (χ0v) is 18.6. The summed E-state index contributed by atoms with van der Waals surface area (Å²) < 4.78 is 16.6. The molecule has 3 N–H and O–H groups in total. The lowest BCUT2D eigenvalue weighted by Crippen LogP contribution is -2.47. The average molecular weight is 401 g/mol. The van der Waals surface area contributed by atoms with Crippen molar-refractivity contribution in [3.63, 3.8) is 0 Å². The van der Waals surface area contributed by atoms with Crippen LogP contribution in [0.4, 0.5) is 4.79 Å². The Morgan fingerprint density at radius 3 is 2.50 bits per heavy atom. The van der Waals surface area contributed by atoms with Crippen LogP contribution in [0.25, 0.3) is 0 Å². The van der Waals surface area contributed by atoms with Crippen molar-refractivity contribution in [1.82, 2.24) is 16.0 Å². The lowest BCUT2D eigenvalue weighted by molar-refractivity contribution is 0.0347. The van der Waals surface area contributed by atoms with Gasteiger partial charge in [-0.25, -0.2) is 4.79 Å². The molecule has 0 aliphatic carbocycles. The molecule has 1 heterocycles. The molecule has 164 valence electrons. The van der Waals surface area contributed by atoms with Gasteiger partial charge in [-0.15, -0.1) is 0 Å². The SMILES string of the molecule is CCNC(=NCC(NC(=O)OC(C)(C)C)C(C)C)NC(C)COC1CCOC1. The first-order chi connectivity index (χ1) is 13.1. The minimum atomic E-state index is -0.523. The van der Waals surface area contributed by atoms with Gasteiger partial charge in [-0.2, -0.15) is 0 Å². The molecule has 3 atom stereocenters. The predicted octanol–water partition coefficient (Wildman–Crippen LogP) is 2.28. The highest BCUT2D eigenvalue weighted by atomic mass is 16.6. The summed E-state index contributed by atoms with van der Waals surface area (Å²) in [5.41, 5.74) is -0.523. The van der Waals surface area contributed by atoms with E-state index >= 15 is 0 Å². The monoisotopic (exact) mass is 400 g/mol. The molecule has 0 saturated carbocycles. The van der Waals surface area contributed by atoms with Gasteiger partial charge in [0.1, 0.15) is 5.60 Å². The lowest BCUT2D eigenvalue weighted by atomic mass is 10.1. The van der Waals surface area contributed by atoms with E-state index in [1.165, 1.54) is 0 Å². The number of alkyl carbamates (subject to hydrolysis) is 1. The van der Waals surface area contributed by atoms with Crippen LogP contribution in [0.2, 0.25) is 0 Å². The van der Waals surface area contributed by atoms with Gasteiger partial charge in [0.15, 0.2) is 5.96 Å². The molecule has 0 aromatic rings. The van der Waals surface area contributed by atoms with E-state index in [1.807, 2.05) is 27.7 Å². The number of rotatable bonds is 9. The molecule has 0 aromatic carbocycles. The van der Waals surface area contributed by atoms with E-state index in [-0.39, 0.29) is 24.1 Å². The van der Waals surface area contributed by atoms with Gasteiger partial charge in [-0.05, 0) is 47.0 Å². The Bertz CT molecular complexity index is 485. The maximum absolute atomic E-state index is 12.1. The maximum atomic E-state index is 12.1. The van der Waals surface area contributed by atoms with E-state index < -0.39 is 11.7 Å². The Kier molecular flexibility index (Phi) is 10.6. The largest absolute Gasteiger partial charge is 0.444 e. The summed E-state index contributed by atoms with van der Waals surface area (Å²) in [5.74, 6) is 0.931. The fourth-order valence-electron chi connectivity index (χ4n) is 2.59. The number of ether oxygens (including phenoxy) is 3. The van der Waals surface area contributed by atoms with Crippen molar-refractivity contribution in [2.75, 3.05) is 32.9 Å². The number of aliphatic imine (C=N–C) groups is 1. The van der Waals surface area contributed by atoms with E-state index in [0.717, 1.165) is 19.6 Å². The summed E-state index contributed by atoms with van der Waals surface area (Å²) in [5, 5.41) is 9.52. The fraction of sp³-hybridized carbons (Fsp3) is 0.900. The highest BCUT2D eigenvalue weighted by molar-refractivity contribution is 5.80. The van der Waals surface area contributed by atoms with Gasteiger partial charge in [-0.3, -0.25) is 4.99 Å². The second-order valence-corrected chi connectivity index (χ2v) is 8.58. The third-order valence-electron chi connectivity index (χ3n) is 4.15. The van der Waals surface area contributed by atoms with Crippen LogP contribution in [0.1, 0.15) is 54.9 Å². The van der Waals surface area contributed by atoms with Crippen molar-refractivity contribution in [1.29, 1.82) is 0 Å². The third-order valence-corrected chi connectivity index (χ3v) is 4.15. The first-order valence-corrected chi connectivity index (χ1v) is 10.3. The second-order valence-electron chi connectivity index (χ2n) is 8.58. The standard InChI is InChI=1S/C20H40N4O4/c1-8-21-18(23-15(4)12-27-16-9-10-26-13-16)22-11-17(14(2)3)24-19(25)28-20(5,6)7/h14-17H,8-13H2,1-7H3,(H,24,25)(H2,21,22,23). The summed E-state index contributed by atoms with van der Waals surface area (Å²) >= 11 is 0. The van der Waals surface area contributed by atoms with Crippen LogP contribution in [-0.2, 0) is 14.2 Å². The minimum absolute atomic E-state index is 0.106. The molecular weight excluding hydrogens is 360 g/mol. The molecule has 8 heteroatoms. The van der Waals surface area contributed by atoms with Crippen LogP contribution in [0.3, 0.4) is 0 Å². The number of hydrogen-bond acceptors (Lipinski definition) is 5. The smallest absolute Gasteiger partial charge is 0.407 e. The number of nitrogens with zero attached hydrogens (tertiary/aromatic N) is 1. The van der Waals surface area contributed by atoms with E-state index in [9.17, 15) is 4.79 Å². The lowest BCUT2D eigenvalue weighted by Gasteiger charge is -2.25. The van der Waals surface area contributed by atoms with E-state index in [0.29, 0.717) is 25.7 Å². The number of carbonyl (C=O) groups is 1. The Hall–Kier alpha value is -1.54. The Morgan fingerprint density at radius 1 is 1.25 bits per heavy atom. The number of nitrogens with one attached hydrogen (secondary N) is 3. The molecule has 1 rings (SSSR count). The van der Waals surface area contributed by atoms with Crippen molar-refractivity contribution in [3.05, 3.63) is 0 Å². The van der Waals surface area contributed by atoms with Gasteiger partial charge in [-0.1, -0.05) is 13.8 Å². The van der Waals surface area contributed by atoms with Crippen molar-refractivity contribution in [2.24, 2.45) is 10.9 Å². The summed E-state index contributed by atoms with van der Waals surface area (Å²) in [6.45, 7) is 17.0. The zero-order chi connectivity index (χ0) is 21.2. The average Bonchev–Trinajstić information content (AvgIpc) is 3.08. The zero-order valence-electron chi connectivity index (χ0n) is 18.6. The van der Waals surface area contributed by atoms with Crippen LogP contribution in [-0.4, -0.2) is 68.8 Å². The molecule has 1 aliphatic heterocycles. The quantitative estimate of drug-likeness (QED) is 0.406. The molecule has 0 radical (unpaired) electrons. The van der Waals surface area contributed by atoms with Crippen LogP contribution in [0.15, 0.2) is 4.99 Å². The molecule has 1 fully saturated rings. The highest BCUT2D eigenvalue weighted by Gasteiger charge is 2.22. The number of guanidine groups is 1. The number of hydrogen-bond donors (Lipinski definition) is 3. The van der Waals surface area contributed by atoms with Gasteiger partial charge in [0.25, 0.3) is 0 Å². The van der Waals surface area contributed by atoms with Gasteiger partial charge in [0.05, 0.1) is 31.9 Å². The molecule has 1 amide bonds. The van der Waals surface area contributed by atoms with E-state index in [1.54, 1.807) is 0 Å².